The van der Waals surface area contributed by atoms with Gasteiger partial charge in [0.25, 0.3) is 5.69 Å². The number of anilines is 1. The van der Waals surface area contributed by atoms with Crippen LogP contribution in [0.25, 0.3) is 10.9 Å². The number of nitro groups is 1. The van der Waals surface area contributed by atoms with Crippen molar-refractivity contribution in [3.63, 3.8) is 0 Å². The summed E-state index contributed by atoms with van der Waals surface area (Å²) in [4.78, 5) is 26.8. The second-order valence-corrected chi connectivity index (χ2v) is 4.61. The van der Waals surface area contributed by atoms with Gasteiger partial charge in [0.2, 0.25) is 5.56 Å². The number of hydrogen-bond donors (Lipinski definition) is 1. The molecule has 0 unspecified atom stereocenters. The number of non-ortho nitro benzene ring substituents is 1. The minimum atomic E-state index is -0.473. The summed E-state index contributed by atoms with van der Waals surface area (Å²) in [5.74, 6) is 0. The molecule has 1 aromatic heterocycles. The maximum atomic E-state index is 11.7. The molecule has 0 saturated carbocycles. The standard InChI is InChI=1S/C13H13N3O4/c17-13-8-12(15-3-5-20-6-4-15)10-2-1-9(16(18)19)7-11(10)14-13/h1-2,7-8H,3-6H2,(H,14,17). The van der Waals surface area contributed by atoms with Crippen LogP contribution in [0.2, 0.25) is 0 Å². The van der Waals surface area contributed by atoms with Crippen LogP contribution in [0.15, 0.2) is 29.1 Å². The highest BCUT2D eigenvalue weighted by molar-refractivity contribution is 5.92. The van der Waals surface area contributed by atoms with E-state index in [4.69, 9.17) is 4.74 Å². The van der Waals surface area contributed by atoms with E-state index in [1.165, 1.54) is 18.2 Å². The van der Waals surface area contributed by atoms with E-state index in [0.717, 1.165) is 11.1 Å². The molecule has 3 rings (SSSR count). The first kappa shape index (κ1) is 12.6. The number of hydrogen-bond acceptors (Lipinski definition) is 5. The fourth-order valence-electron chi connectivity index (χ4n) is 2.41. The van der Waals surface area contributed by atoms with Crippen LogP contribution in [0.3, 0.4) is 0 Å². The summed E-state index contributed by atoms with van der Waals surface area (Å²) in [6, 6.07) is 6.04. The zero-order chi connectivity index (χ0) is 14.1. The summed E-state index contributed by atoms with van der Waals surface area (Å²) < 4.78 is 5.30. The molecule has 2 heterocycles. The lowest BCUT2D eigenvalue weighted by Crippen LogP contribution is -2.36. The van der Waals surface area contributed by atoms with Crippen LogP contribution in [0, 0.1) is 10.1 Å². The SMILES string of the molecule is O=c1cc(N2CCOCC2)c2ccc([N+](=O)[O-])cc2[nH]1. The first-order valence-electron chi connectivity index (χ1n) is 6.29. The summed E-state index contributed by atoms with van der Waals surface area (Å²) in [6.45, 7) is 2.63. The lowest BCUT2D eigenvalue weighted by atomic mass is 10.1. The number of rotatable bonds is 2. The zero-order valence-electron chi connectivity index (χ0n) is 10.7. The third kappa shape index (κ3) is 2.23. The molecule has 0 spiro atoms. The molecule has 1 aromatic carbocycles. The van der Waals surface area contributed by atoms with Crippen molar-refractivity contribution in [1.29, 1.82) is 0 Å². The second kappa shape index (κ2) is 4.93. The molecule has 0 aliphatic carbocycles. The third-order valence-electron chi connectivity index (χ3n) is 3.37. The van der Waals surface area contributed by atoms with E-state index < -0.39 is 4.92 Å². The summed E-state index contributed by atoms with van der Waals surface area (Å²) in [7, 11) is 0. The number of H-pyrrole nitrogens is 1. The van der Waals surface area contributed by atoms with Gasteiger partial charge in [0.1, 0.15) is 0 Å². The normalized spacial score (nSPS) is 15.5. The molecule has 1 aliphatic rings. The van der Waals surface area contributed by atoms with Crippen molar-refractivity contribution < 1.29 is 9.66 Å². The Kier molecular flexibility index (Phi) is 3.11. The Morgan fingerprint density at radius 1 is 1.25 bits per heavy atom. The van der Waals surface area contributed by atoms with Crippen LogP contribution in [-0.2, 0) is 4.74 Å². The second-order valence-electron chi connectivity index (χ2n) is 4.61. The number of morpholine rings is 1. The highest BCUT2D eigenvalue weighted by atomic mass is 16.6. The van der Waals surface area contributed by atoms with E-state index in [2.05, 4.69) is 9.88 Å². The highest BCUT2D eigenvalue weighted by Gasteiger charge is 2.16. The van der Waals surface area contributed by atoms with Crippen LogP contribution in [0.1, 0.15) is 0 Å². The first-order valence-corrected chi connectivity index (χ1v) is 6.29. The molecule has 1 saturated heterocycles. The number of pyridine rings is 1. The van der Waals surface area contributed by atoms with Crippen molar-refractivity contribution in [2.45, 2.75) is 0 Å². The average molecular weight is 275 g/mol. The number of benzene rings is 1. The Morgan fingerprint density at radius 2 is 2.00 bits per heavy atom. The van der Waals surface area contributed by atoms with Crippen LogP contribution < -0.4 is 10.5 Å². The summed E-state index contributed by atoms with van der Waals surface area (Å²) in [5, 5.41) is 11.6. The van der Waals surface area contributed by atoms with Gasteiger partial charge in [-0.05, 0) is 6.07 Å². The minimum Gasteiger partial charge on any atom is -0.378 e. The number of nitrogens with zero attached hydrogens (tertiary/aromatic N) is 2. The molecule has 20 heavy (non-hydrogen) atoms. The fraction of sp³-hybridized carbons (Fsp3) is 0.308. The van der Waals surface area contributed by atoms with E-state index in [1.807, 2.05) is 0 Å². The van der Waals surface area contributed by atoms with E-state index >= 15 is 0 Å². The smallest absolute Gasteiger partial charge is 0.271 e. The number of fused-ring (bicyclic) bond motifs is 1. The largest absolute Gasteiger partial charge is 0.378 e. The molecule has 2 aromatic rings. The van der Waals surface area contributed by atoms with Crippen LogP contribution in [0.4, 0.5) is 11.4 Å². The van der Waals surface area contributed by atoms with E-state index in [9.17, 15) is 14.9 Å². The Morgan fingerprint density at radius 3 is 2.70 bits per heavy atom. The fourth-order valence-corrected chi connectivity index (χ4v) is 2.41. The predicted octanol–water partition coefficient (Wildman–Crippen LogP) is 1.27. The molecule has 0 atom stereocenters. The maximum Gasteiger partial charge on any atom is 0.271 e. The van der Waals surface area contributed by atoms with Crippen LogP contribution in [-0.4, -0.2) is 36.2 Å². The molecule has 1 aliphatic heterocycles. The van der Waals surface area contributed by atoms with Crippen molar-refractivity contribution in [1.82, 2.24) is 4.98 Å². The van der Waals surface area contributed by atoms with Crippen LogP contribution in [0.5, 0.6) is 0 Å². The maximum absolute atomic E-state index is 11.7. The van der Waals surface area contributed by atoms with Gasteiger partial charge in [-0.3, -0.25) is 14.9 Å². The van der Waals surface area contributed by atoms with Crippen molar-refractivity contribution in [2.24, 2.45) is 0 Å². The van der Waals surface area contributed by atoms with Gasteiger partial charge in [-0.1, -0.05) is 0 Å². The Balaban J connectivity index is 2.16. The molecule has 0 bridgehead atoms. The third-order valence-corrected chi connectivity index (χ3v) is 3.37. The lowest BCUT2D eigenvalue weighted by Gasteiger charge is -2.29. The number of nitrogens with one attached hydrogen (secondary N) is 1. The number of nitro benzene ring substituents is 1. The quantitative estimate of drug-likeness (QED) is 0.658. The van der Waals surface area contributed by atoms with Gasteiger partial charge in [0, 0.05) is 36.7 Å². The molecule has 1 N–H and O–H groups in total. The number of aromatic amines is 1. The van der Waals surface area contributed by atoms with E-state index in [-0.39, 0.29) is 11.2 Å². The number of ether oxygens (including phenoxy) is 1. The first-order chi connectivity index (χ1) is 9.65. The Hall–Kier alpha value is -2.41. The highest BCUT2D eigenvalue weighted by Crippen LogP contribution is 2.27. The van der Waals surface area contributed by atoms with Gasteiger partial charge in [-0.25, -0.2) is 0 Å². The Bertz CT molecular complexity index is 719. The van der Waals surface area contributed by atoms with Gasteiger partial charge < -0.3 is 14.6 Å². The minimum absolute atomic E-state index is 0.0349. The molecule has 0 amide bonds. The zero-order valence-corrected chi connectivity index (χ0v) is 10.7. The molecule has 7 nitrogen and oxygen atoms in total. The Labute approximate surface area is 113 Å². The van der Waals surface area contributed by atoms with Gasteiger partial charge in [-0.2, -0.15) is 0 Å². The molecule has 104 valence electrons. The monoisotopic (exact) mass is 275 g/mol. The lowest BCUT2D eigenvalue weighted by molar-refractivity contribution is -0.384. The van der Waals surface area contributed by atoms with Gasteiger partial charge in [0.05, 0.1) is 29.3 Å². The van der Waals surface area contributed by atoms with Gasteiger partial charge >= 0.3 is 0 Å². The van der Waals surface area contributed by atoms with Crippen molar-refractivity contribution in [3.05, 3.63) is 44.7 Å². The molecule has 7 heteroatoms. The van der Waals surface area contributed by atoms with Crippen LogP contribution >= 0.6 is 0 Å². The van der Waals surface area contributed by atoms with Crippen molar-refractivity contribution in [3.8, 4) is 0 Å². The van der Waals surface area contributed by atoms with Crippen molar-refractivity contribution >= 4 is 22.3 Å². The predicted molar refractivity (Wildman–Crippen MR) is 74.3 cm³/mol. The van der Waals surface area contributed by atoms with E-state index in [1.54, 1.807) is 6.07 Å². The summed E-state index contributed by atoms with van der Waals surface area (Å²) in [5.41, 5.74) is 0.974. The molecular weight excluding hydrogens is 262 g/mol. The van der Waals surface area contributed by atoms with E-state index in [0.29, 0.717) is 31.8 Å². The number of aromatic nitrogens is 1. The van der Waals surface area contributed by atoms with Crippen molar-refractivity contribution in [2.75, 3.05) is 31.2 Å². The average Bonchev–Trinajstić information content (AvgIpc) is 2.46. The van der Waals surface area contributed by atoms with Gasteiger partial charge in [0.15, 0.2) is 0 Å². The molecule has 1 fully saturated rings. The van der Waals surface area contributed by atoms with Gasteiger partial charge in [-0.15, -0.1) is 0 Å². The summed E-state index contributed by atoms with van der Waals surface area (Å²) in [6.07, 6.45) is 0. The topological polar surface area (TPSA) is 88.5 Å². The molecular formula is C13H13N3O4. The summed E-state index contributed by atoms with van der Waals surface area (Å²) >= 11 is 0. The molecule has 0 radical (unpaired) electrons.